The first-order chi connectivity index (χ1) is 12.8. The molecule has 1 N–H and O–H groups in total. The summed E-state index contributed by atoms with van der Waals surface area (Å²) < 4.78 is 10.4. The van der Waals surface area contributed by atoms with E-state index in [4.69, 9.17) is 26.3 Å². The molecule has 0 aliphatic heterocycles. The van der Waals surface area contributed by atoms with Crippen molar-refractivity contribution in [1.29, 1.82) is 5.26 Å². The predicted molar refractivity (Wildman–Crippen MR) is 102 cm³/mol. The first-order valence-electron chi connectivity index (χ1n) is 8.20. The molecule has 1 unspecified atom stereocenters. The number of nitriles is 1. The lowest BCUT2D eigenvalue weighted by atomic mass is 10.1. The van der Waals surface area contributed by atoms with E-state index in [1.54, 1.807) is 30.3 Å². The molecule has 0 aromatic heterocycles. The van der Waals surface area contributed by atoms with E-state index < -0.39 is 24.6 Å². The van der Waals surface area contributed by atoms with Gasteiger partial charge < -0.3 is 14.8 Å². The number of amides is 1. The lowest BCUT2D eigenvalue weighted by molar-refractivity contribution is -0.153. The van der Waals surface area contributed by atoms with Gasteiger partial charge in [0.25, 0.3) is 5.91 Å². The van der Waals surface area contributed by atoms with Crippen molar-refractivity contribution in [3.63, 3.8) is 0 Å². The van der Waals surface area contributed by atoms with Crippen molar-refractivity contribution in [2.45, 2.75) is 26.9 Å². The number of aryl methyl sites for hydroxylation is 2. The third-order valence-electron chi connectivity index (χ3n) is 3.67. The highest BCUT2D eigenvalue weighted by molar-refractivity contribution is 6.34. The summed E-state index contributed by atoms with van der Waals surface area (Å²) >= 11 is 6.14. The Kier molecular flexibility index (Phi) is 6.80. The van der Waals surface area contributed by atoms with Gasteiger partial charge in [-0.2, -0.15) is 5.26 Å². The highest BCUT2D eigenvalue weighted by Crippen LogP contribution is 2.27. The van der Waals surface area contributed by atoms with E-state index in [-0.39, 0.29) is 0 Å². The molecule has 2 rings (SSSR count). The molecule has 0 heterocycles. The zero-order chi connectivity index (χ0) is 20.0. The van der Waals surface area contributed by atoms with Gasteiger partial charge in [0.2, 0.25) is 0 Å². The molecular formula is C20H19ClN2O4. The number of nitrogens with one attached hydrogen (secondary N) is 1. The normalized spacial score (nSPS) is 11.2. The number of halogens is 1. The molecule has 0 saturated carbocycles. The van der Waals surface area contributed by atoms with Crippen molar-refractivity contribution >= 4 is 29.2 Å². The zero-order valence-electron chi connectivity index (χ0n) is 15.2. The Balaban J connectivity index is 1.87. The number of carbonyl (C=O) groups excluding carboxylic acids is 2. The van der Waals surface area contributed by atoms with E-state index in [9.17, 15) is 9.59 Å². The van der Waals surface area contributed by atoms with Gasteiger partial charge in [0.1, 0.15) is 5.75 Å². The zero-order valence-corrected chi connectivity index (χ0v) is 16.0. The molecule has 2 aromatic rings. The number of rotatable bonds is 6. The van der Waals surface area contributed by atoms with Crippen LogP contribution < -0.4 is 10.1 Å². The molecule has 140 valence electrons. The second kappa shape index (κ2) is 9.06. The second-order valence-corrected chi connectivity index (χ2v) is 6.40. The summed E-state index contributed by atoms with van der Waals surface area (Å²) in [5, 5.41) is 11.8. The van der Waals surface area contributed by atoms with Crippen molar-refractivity contribution in [1.82, 2.24) is 0 Å². The molecule has 0 aliphatic carbocycles. The lowest BCUT2D eigenvalue weighted by Crippen LogP contribution is -2.29. The molecule has 6 nitrogen and oxygen atoms in total. The quantitative estimate of drug-likeness (QED) is 0.763. The van der Waals surface area contributed by atoms with Crippen LogP contribution in [0, 0.1) is 25.2 Å². The maximum absolute atomic E-state index is 12.0. The second-order valence-electron chi connectivity index (χ2n) is 5.99. The van der Waals surface area contributed by atoms with Crippen molar-refractivity contribution in [2.24, 2.45) is 0 Å². The van der Waals surface area contributed by atoms with Crippen LogP contribution in [0.25, 0.3) is 0 Å². The topological polar surface area (TPSA) is 88.4 Å². The maximum Gasteiger partial charge on any atom is 0.347 e. The van der Waals surface area contributed by atoms with E-state index in [0.717, 1.165) is 11.1 Å². The summed E-state index contributed by atoms with van der Waals surface area (Å²) in [6, 6.07) is 11.9. The van der Waals surface area contributed by atoms with Crippen LogP contribution in [-0.2, 0) is 14.3 Å². The maximum atomic E-state index is 12.0. The minimum absolute atomic E-state index is 0.421. The van der Waals surface area contributed by atoms with Gasteiger partial charge in [0.15, 0.2) is 12.7 Å². The minimum Gasteiger partial charge on any atom is -0.479 e. The van der Waals surface area contributed by atoms with Gasteiger partial charge in [-0.3, -0.25) is 4.79 Å². The molecule has 0 aliphatic rings. The molecule has 1 amide bonds. The number of benzene rings is 2. The molecule has 1 atom stereocenters. The van der Waals surface area contributed by atoms with Crippen LogP contribution in [0.5, 0.6) is 5.75 Å². The molecule has 27 heavy (non-hydrogen) atoms. The summed E-state index contributed by atoms with van der Waals surface area (Å²) in [4.78, 5) is 24.0. The van der Waals surface area contributed by atoms with Gasteiger partial charge >= 0.3 is 5.97 Å². The first-order valence-corrected chi connectivity index (χ1v) is 8.58. The number of nitrogens with zero attached hydrogens (tertiary/aromatic N) is 1. The number of esters is 1. The number of anilines is 1. The first kappa shape index (κ1) is 20.3. The summed E-state index contributed by atoms with van der Waals surface area (Å²) in [5.74, 6) is -0.756. The Labute approximate surface area is 162 Å². The van der Waals surface area contributed by atoms with Crippen molar-refractivity contribution in [3.05, 3.63) is 58.1 Å². The van der Waals surface area contributed by atoms with Crippen LogP contribution in [-0.4, -0.2) is 24.6 Å². The highest BCUT2D eigenvalue weighted by atomic mass is 35.5. The fourth-order valence-electron chi connectivity index (χ4n) is 2.36. The summed E-state index contributed by atoms with van der Waals surface area (Å²) in [5.41, 5.74) is 2.78. The van der Waals surface area contributed by atoms with Gasteiger partial charge in [-0.15, -0.1) is 0 Å². The SMILES string of the molecule is Cc1cc(C)c(NC(=O)COC(=O)C(C)Oc2ccc(C#N)cc2)c(Cl)c1. The smallest absolute Gasteiger partial charge is 0.347 e. The molecule has 0 fully saturated rings. The Hall–Kier alpha value is -3.04. The largest absolute Gasteiger partial charge is 0.479 e. The van der Waals surface area contributed by atoms with Crippen LogP contribution >= 0.6 is 11.6 Å². The standard InChI is InChI=1S/C20H19ClN2O4/c1-12-8-13(2)19(17(21)9-12)23-18(24)11-26-20(25)14(3)27-16-6-4-15(10-22)5-7-16/h4-9,14H,11H2,1-3H3,(H,23,24). The monoisotopic (exact) mass is 386 g/mol. The van der Waals surface area contributed by atoms with Crippen LogP contribution in [0.15, 0.2) is 36.4 Å². The number of ether oxygens (including phenoxy) is 2. The summed E-state index contributed by atoms with van der Waals surface area (Å²) in [6.45, 7) is 4.79. The van der Waals surface area contributed by atoms with Crippen LogP contribution in [0.2, 0.25) is 5.02 Å². The summed E-state index contributed by atoms with van der Waals surface area (Å²) in [6.07, 6.45) is -0.907. The van der Waals surface area contributed by atoms with Crippen molar-refractivity contribution in [2.75, 3.05) is 11.9 Å². The van der Waals surface area contributed by atoms with E-state index in [2.05, 4.69) is 5.32 Å². The lowest BCUT2D eigenvalue weighted by Gasteiger charge is -2.15. The Morgan fingerprint density at radius 1 is 1.22 bits per heavy atom. The molecule has 2 aromatic carbocycles. The molecule has 0 radical (unpaired) electrons. The molecule has 0 bridgehead atoms. The Bertz CT molecular complexity index is 865. The van der Waals surface area contributed by atoms with Gasteiger partial charge in [0.05, 0.1) is 22.3 Å². The average Bonchev–Trinajstić information content (AvgIpc) is 2.63. The van der Waals surface area contributed by atoms with Crippen LogP contribution in [0.4, 0.5) is 5.69 Å². The van der Waals surface area contributed by atoms with Gasteiger partial charge in [-0.05, 0) is 62.2 Å². The molecular weight excluding hydrogens is 368 g/mol. The van der Waals surface area contributed by atoms with E-state index in [1.807, 2.05) is 26.0 Å². The van der Waals surface area contributed by atoms with Crippen LogP contribution in [0.3, 0.4) is 0 Å². The van der Waals surface area contributed by atoms with Crippen molar-refractivity contribution in [3.8, 4) is 11.8 Å². The summed E-state index contributed by atoms with van der Waals surface area (Å²) in [7, 11) is 0. The average molecular weight is 387 g/mol. The highest BCUT2D eigenvalue weighted by Gasteiger charge is 2.18. The Morgan fingerprint density at radius 3 is 2.48 bits per heavy atom. The van der Waals surface area contributed by atoms with Crippen molar-refractivity contribution < 1.29 is 19.1 Å². The molecule has 7 heteroatoms. The minimum atomic E-state index is -0.907. The van der Waals surface area contributed by atoms with Gasteiger partial charge in [0, 0.05) is 0 Å². The van der Waals surface area contributed by atoms with E-state index in [1.165, 1.54) is 6.92 Å². The van der Waals surface area contributed by atoms with Gasteiger partial charge in [-0.1, -0.05) is 17.7 Å². The van der Waals surface area contributed by atoms with Gasteiger partial charge in [-0.25, -0.2) is 4.79 Å². The number of hydrogen-bond acceptors (Lipinski definition) is 5. The third kappa shape index (κ3) is 5.73. The van der Waals surface area contributed by atoms with E-state index >= 15 is 0 Å². The predicted octanol–water partition coefficient (Wildman–Crippen LogP) is 3.78. The van der Waals surface area contributed by atoms with Crippen LogP contribution in [0.1, 0.15) is 23.6 Å². The number of hydrogen-bond donors (Lipinski definition) is 1. The molecule has 0 saturated heterocycles. The molecule has 0 spiro atoms. The van der Waals surface area contributed by atoms with E-state index in [0.29, 0.717) is 22.0 Å². The fraction of sp³-hybridized carbons (Fsp3) is 0.250. The number of carbonyl (C=O) groups is 2. The third-order valence-corrected chi connectivity index (χ3v) is 3.97. The fourth-order valence-corrected chi connectivity index (χ4v) is 2.73. The Morgan fingerprint density at radius 2 is 1.89 bits per heavy atom.